The maximum Gasteiger partial charge on any atom is 0.249 e. The number of rotatable bonds is 5. The first kappa shape index (κ1) is 20.6. The lowest BCUT2D eigenvalue weighted by Gasteiger charge is -2.17. The molecule has 9 heteroatoms. The number of aromatic nitrogens is 5. The highest BCUT2D eigenvalue weighted by Crippen LogP contribution is 2.28. The van der Waals surface area contributed by atoms with Crippen LogP contribution in [0.3, 0.4) is 0 Å². The molecule has 2 aromatic carbocycles. The van der Waals surface area contributed by atoms with Crippen LogP contribution in [0.4, 0.5) is 10.1 Å². The van der Waals surface area contributed by atoms with Gasteiger partial charge >= 0.3 is 0 Å². The van der Waals surface area contributed by atoms with Gasteiger partial charge in [-0.3, -0.25) is 4.79 Å². The van der Waals surface area contributed by atoms with Crippen molar-refractivity contribution in [1.82, 2.24) is 25.2 Å². The van der Waals surface area contributed by atoms with Gasteiger partial charge in [0.05, 0.1) is 0 Å². The predicted molar refractivity (Wildman–Crippen MR) is 113 cm³/mol. The summed E-state index contributed by atoms with van der Waals surface area (Å²) in [5.41, 5.74) is 2.47. The van der Waals surface area contributed by atoms with E-state index in [1.807, 2.05) is 20.8 Å². The molecule has 2 heterocycles. The van der Waals surface area contributed by atoms with E-state index in [9.17, 15) is 9.18 Å². The molecule has 0 aliphatic rings. The molecule has 0 saturated heterocycles. The first-order chi connectivity index (χ1) is 14.7. The minimum atomic E-state index is -0.710. The van der Waals surface area contributed by atoms with Crippen LogP contribution in [0.2, 0.25) is 0 Å². The average Bonchev–Trinajstić information content (AvgIpc) is 3.33. The highest BCUT2D eigenvalue weighted by molar-refractivity contribution is 5.95. The van der Waals surface area contributed by atoms with Crippen LogP contribution in [-0.4, -0.2) is 31.1 Å². The van der Waals surface area contributed by atoms with Crippen LogP contribution in [0.25, 0.3) is 11.1 Å². The first-order valence-corrected chi connectivity index (χ1v) is 9.91. The van der Waals surface area contributed by atoms with Gasteiger partial charge in [-0.05, 0) is 53.2 Å². The second kappa shape index (κ2) is 7.90. The molecule has 1 unspecified atom stereocenters. The number of carbonyl (C=O) groups excluding carboxylic acids is 1. The Bertz CT molecular complexity index is 1220. The Hall–Kier alpha value is -3.62. The molecular weight excluding hydrogens is 399 g/mol. The molecule has 1 N–H and O–H groups in total. The molecule has 4 rings (SSSR count). The fourth-order valence-electron chi connectivity index (χ4n) is 3.21. The number of benzene rings is 2. The zero-order chi connectivity index (χ0) is 22.2. The van der Waals surface area contributed by atoms with Crippen molar-refractivity contribution in [1.29, 1.82) is 0 Å². The second-order valence-electron chi connectivity index (χ2n) is 8.46. The summed E-state index contributed by atoms with van der Waals surface area (Å²) in [5, 5.41) is 14.4. The van der Waals surface area contributed by atoms with E-state index in [2.05, 4.69) is 25.8 Å². The number of nitrogens with one attached hydrogen (secondary N) is 1. The molecule has 0 spiro atoms. The number of halogens is 1. The molecule has 0 aliphatic heterocycles. The molecule has 0 aliphatic carbocycles. The lowest BCUT2D eigenvalue weighted by molar-refractivity contribution is -0.119. The molecule has 2 aromatic heterocycles. The van der Waals surface area contributed by atoms with Crippen LogP contribution in [0.15, 0.2) is 46.9 Å². The van der Waals surface area contributed by atoms with Gasteiger partial charge in [-0.1, -0.05) is 32.9 Å². The number of amides is 1. The second-order valence-corrected chi connectivity index (χ2v) is 8.46. The zero-order valence-corrected chi connectivity index (χ0v) is 17.8. The molecule has 160 valence electrons. The van der Waals surface area contributed by atoms with E-state index in [0.29, 0.717) is 34.9 Å². The number of hydrogen-bond acceptors (Lipinski definition) is 6. The van der Waals surface area contributed by atoms with Crippen LogP contribution >= 0.6 is 0 Å². The summed E-state index contributed by atoms with van der Waals surface area (Å²) in [7, 11) is 0. The van der Waals surface area contributed by atoms with Crippen molar-refractivity contribution in [2.75, 3.05) is 5.32 Å². The first-order valence-electron chi connectivity index (χ1n) is 9.91. The zero-order valence-electron chi connectivity index (χ0n) is 17.8. The van der Waals surface area contributed by atoms with E-state index in [0.717, 1.165) is 5.56 Å². The number of anilines is 1. The standard InChI is InChI=1S/C22H23FN6O2/c1-13-26-27-28-29(13)18(11-14-5-7-15(23)8-6-14)20(30)24-16-9-10-19-17(12-16)25-21(31-19)22(2,3)4/h5-10,12,18H,11H2,1-4H3,(H,24,30). The third-order valence-corrected chi connectivity index (χ3v) is 4.89. The smallest absolute Gasteiger partial charge is 0.249 e. The molecule has 1 atom stereocenters. The number of aryl methyl sites for hydroxylation is 1. The van der Waals surface area contributed by atoms with Gasteiger partial charge in [0, 0.05) is 17.5 Å². The molecule has 0 fully saturated rings. The van der Waals surface area contributed by atoms with Gasteiger partial charge < -0.3 is 9.73 Å². The van der Waals surface area contributed by atoms with Crippen LogP contribution in [0, 0.1) is 12.7 Å². The largest absolute Gasteiger partial charge is 0.440 e. The van der Waals surface area contributed by atoms with Gasteiger partial charge in [-0.15, -0.1) is 5.10 Å². The van der Waals surface area contributed by atoms with Gasteiger partial charge in [0.1, 0.15) is 23.2 Å². The number of fused-ring (bicyclic) bond motifs is 1. The van der Waals surface area contributed by atoms with Crippen LogP contribution in [0.1, 0.15) is 44.1 Å². The Balaban J connectivity index is 1.61. The van der Waals surface area contributed by atoms with E-state index < -0.39 is 6.04 Å². The van der Waals surface area contributed by atoms with E-state index in [1.165, 1.54) is 16.8 Å². The summed E-state index contributed by atoms with van der Waals surface area (Å²) in [5.74, 6) is 0.506. The SMILES string of the molecule is Cc1nnnn1C(Cc1ccc(F)cc1)C(=O)Nc1ccc2oc(C(C)(C)C)nc2c1. The van der Waals surface area contributed by atoms with Crippen molar-refractivity contribution in [2.45, 2.75) is 45.6 Å². The summed E-state index contributed by atoms with van der Waals surface area (Å²) in [6.45, 7) is 7.79. The Kier molecular flexibility index (Phi) is 5.26. The minimum absolute atomic E-state index is 0.222. The molecule has 31 heavy (non-hydrogen) atoms. The number of hydrogen-bond donors (Lipinski definition) is 1. The normalized spacial score (nSPS) is 12.8. The number of oxazole rings is 1. The Labute approximate surface area is 178 Å². The van der Waals surface area contributed by atoms with Crippen molar-refractivity contribution >= 4 is 22.7 Å². The third kappa shape index (κ3) is 4.45. The van der Waals surface area contributed by atoms with Crippen molar-refractivity contribution in [2.24, 2.45) is 0 Å². The topological polar surface area (TPSA) is 98.7 Å². The lowest BCUT2D eigenvalue weighted by Crippen LogP contribution is -2.29. The molecule has 8 nitrogen and oxygen atoms in total. The molecule has 1 amide bonds. The predicted octanol–water partition coefficient (Wildman–Crippen LogP) is 3.98. The minimum Gasteiger partial charge on any atom is -0.440 e. The fraction of sp³-hybridized carbons (Fsp3) is 0.318. The number of tetrazole rings is 1. The van der Waals surface area contributed by atoms with Crippen molar-refractivity contribution in [3.63, 3.8) is 0 Å². The van der Waals surface area contributed by atoms with Crippen LogP contribution in [0.5, 0.6) is 0 Å². The third-order valence-electron chi connectivity index (χ3n) is 4.89. The van der Waals surface area contributed by atoms with Crippen molar-refractivity contribution in [3.05, 3.63) is 65.6 Å². The van der Waals surface area contributed by atoms with Crippen molar-refractivity contribution < 1.29 is 13.6 Å². The highest BCUT2D eigenvalue weighted by atomic mass is 19.1. The van der Waals surface area contributed by atoms with E-state index in [4.69, 9.17) is 4.42 Å². The lowest BCUT2D eigenvalue weighted by atomic mass is 9.97. The van der Waals surface area contributed by atoms with Gasteiger partial charge in [-0.2, -0.15) is 0 Å². The van der Waals surface area contributed by atoms with E-state index in [1.54, 1.807) is 37.3 Å². The highest BCUT2D eigenvalue weighted by Gasteiger charge is 2.25. The molecule has 0 bridgehead atoms. The Morgan fingerprint density at radius 3 is 2.58 bits per heavy atom. The summed E-state index contributed by atoms with van der Waals surface area (Å²) in [6, 6.07) is 10.6. The molecule has 0 saturated carbocycles. The van der Waals surface area contributed by atoms with Crippen LogP contribution < -0.4 is 5.32 Å². The quantitative estimate of drug-likeness (QED) is 0.522. The maximum atomic E-state index is 13.3. The Morgan fingerprint density at radius 1 is 1.19 bits per heavy atom. The van der Waals surface area contributed by atoms with Gasteiger partial charge in [0.25, 0.3) is 0 Å². The average molecular weight is 422 g/mol. The van der Waals surface area contributed by atoms with E-state index >= 15 is 0 Å². The molecule has 0 radical (unpaired) electrons. The summed E-state index contributed by atoms with van der Waals surface area (Å²) >= 11 is 0. The van der Waals surface area contributed by atoms with Crippen LogP contribution in [-0.2, 0) is 16.6 Å². The molecule has 4 aromatic rings. The summed E-state index contributed by atoms with van der Waals surface area (Å²) in [4.78, 5) is 17.7. The Morgan fingerprint density at radius 2 is 1.94 bits per heavy atom. The summed E-state index contributed by atoms with van der Waals surface area (Å²) in [6.07, 6.45) is 0.304. The van der Waals surface area contributed by atoms with Gasteiger partial charge in [-0.25, -0.2) is 14.1 Å². The van der Waals surface area contributed by atoms with E-state index in [-0.39, 0.29) is 17.1 Å². The fourth-order valence-corrected chi connectivity index (χ4v) is 3.21. The maximum absolute atomic E-state index is 13.3. The monoisotopic (exact) mass is 422 g/mol. The summed E-state index contributed by atoms with van der Waals surface area (Å²) < 4.78 is 20.6. The number of nitrogens with zero attached hydrogens (tertiary/aromatic N) is 5. The molecular formula is C22H23FN6O2. The van der Waals surface area contributed by atoms with Gasteiger partial charge in [0.2, 0.25) is 11.8 Å². The number of carbonyl (C=O) groups is 1. The van der Waals surface area contributed by atoms with Gasteiger partial charge in [0.15, 0.2) is 5.58 Å². The van der Waals surface area contributed by atoms with Crippen molar-refractivity contribution in [3.8, 4) is 0 Å².